The topological polar surface area (TPSA) is 688 Å². The fraction of sp³-hybridized carbons (Fsp3) is 0.480. The number of carbonyl (C=O) groups is 17. The minimum absolute atomic E-state index is 0.00785. The molecule has 6 aromatic rings. The van der Waals surface area contributed by atoms with Crippen LogP contribution >= 0.6 is 11.8 Å². The van der Waals surface area contributed by atoms with Gasteiger partial charge in [0.1, 0.15) is 96.4 Å². The van der Waals surface area contributed by atoms with Crippen molar-refractivity contribution in [1.29, 1.82) is 10.8 Å². The number of H-pyrrole nitrogens is 1. The highest BCUT2D eigenvalue weighted by Gasteiger charge is 2.42. The first-order valence-corrected chi connectivity index (χ1v) is 48.4. The minimum Gasteiger partial charge on any atom is -0.508 e. The number of fused-ring (bicyclic) bond motifs is 1. The molecule has 770 valence electrons. The van der Waals surface area contributed by atoms with Crippen molar-refractivity contribution >= 4 is 135 Å². The zero-order valence-electron chi connectivity index (χ0n) is 81.6. The minimum atomic E-state index is -2.08. The lowest BCUT2D eigenvalue weighted by Gasteiger charge is -2.32. The number of hydrogen-bond donors (Lipinski definition) is 25. The molecule has 5 aromatic carbocycles. The summed E-state index contributed by atoms with van der Waals surface area (Å²) in [6.45, 7) is 15.5. The van der Waals surface area contributed by atoms with Crippen molar-refractivity contribution in [1.82, 2.24) is 95.0 Å². The van der Waals surface area contributed by atoms with E-state index in [4.69, 9.17) is 28.0 Å². The summed E-state index contributed by atoms with van der Waals surface area (Å²) in [7, 11) is 1.27. The predicted octanol–water partition coefficient (Wildman–Crippen LogP) is -0.372. The Labute approximate surface area is 828 Å². The molecule has 43 nitrogen and oxygen atoms in total. The Hall–Kier alpha value is -14.7. The van der Waals surface area contributed by atoms with Gasteiger partial charge in [-0.05, 0) is 135 Å². The molecule has 0 unspecified atom stereocenters. The smallest absolute Gasteiger partial charge is 0.305 e. The third kappa shape index (κ3) is 37.1. The Morgan fingerprint density at radius 3 is 1.39 bits per heavy atom. The van der Waals surface area contributed by atoms with Gasteiger partial charge in [-0.25, -0.2) is 0 Å². The first kappa shape index (κ1) is 114. The Morgan fingerprint density at radius 1 is 0.465 bits per heavy atom. The lowest BCUT2D eigenvalue weighted by Crippen LogP contribution is -2.62. The number of rotatable bonds is 30. The summed E-state index contributed by atoms with van der Waals surface area (Å²) >= 11 is 0.711. The quantitative estimate of drug-likeness (QED) is 0.0155. The molecule has 0 aliphatic carbocycles. The van der Waals surface area contributed by atoms with E-state index in [1.54, 1.807) is 134 Å². The molecule has 1 aromatic heterocycles. The number of aliphatic carboxylic acids is 1. The molecule has 0 saturated carbocycles. The monoisotopic (exact) mass is 1990 g/mol. The molecule has 16 amide bonds. The lowest BCUT2D eigenvalue weighted by atomic mass is 9.98. The van der Waals surface area contributed by atoms with Crippen LogP contribution in [0.4, 0.5) is 0 Å². The summed E-state index contributed by atoms with van der Waals surface area (Å²) in [5.41, 5.74) is 20.7. The molecule has 1 fully saturated rings. The van der Waals surface area contributed by atoms with Gasteiger partial charge in [-0.1, -0.05) is 170 Å². The van der Waals surface area contributed by atoms with Gasteiger partial charge in [0, 0.05) is 68.7 Å². The maximum atomic E-state index is 15.5. The molecular weight excluding hydrogens is 1850 g/mol. The molecule has 0 spiro atoms. The van der Waals surface area contributed by atoms with E-state index in [9.17, 15) is 63.3 Å². The third-order valence-corrected chi connectivity index (χ3v) is 24.5. The van der Waals surface area contributed by atoms with Crippen molar-refractivity contribution in [3.8, 4) is 16.9 Å². The van der Waals surface area contributed by atoms with E-state index in [2.05, 4.69) is 90.1 Å². The first-order chi connectivity index (χ1) is 67.3. The molecule has 0 radical (unpaired) electrons. The number of carboxylic acid groups (broad SMARTS) is 1. The number of phenolic OH excluding ortho intramolecular Hbond substituents is 1. The van der Waals surface area contributed by atoms with Crippen molar-refractivity contribution in [3.63, 3.8) is 0 Å². The molecule has 44 heteroatoms. The second kappa shape index (κ2) is 56.5. The maximum absolute atomic E-state index is 15.5. The number of likely N-dealkylation sites (N-methyl/N-ethyl adjacent to an activating group) is 1. The SMILES string of the molecule is CCC[C@@H]1NC(=O)[C@H](CC(C)C)NC(=O)[C@H](CCCNC(=N)N)NC(=O)[C@@H](CC(C)C)NC(=O)[C@H](C)N(C)C(=O)[C@H](CCCNC(=N)N)NC(=O)[C@H](Cc2ccc(-c3ccccc3)cc2)NC(=O)[C@H](C(C)C)NC(=O)[C@H](Cc2c[nH]c3ccccc23)NC(=O)[C@H](CC(=O)O)NC(=O)[C@H](Cc2ccc(O)cc2)NC(=O)[C@H](Cc2ccccc2)NC(=O)CSC[C@@H](C(=O)N[C@@H](C)C(N)=O)NC(=O)[C@H]([C@@H](C)O)NC1=O. The van der Waals surface area contributed by atoms with Gasteiger partial charge >= 0.3 is 5.97 Å². The number of thioether (sulfide) groups is 1. The third-order valence-electron chi connectivity index (χ3n) is 23.5. The largest absolute Gasteiger partial charge is 0.508 e. The van der Waals surface area contributed by atoms with Gasteiger partial charge in [0.25, 0.3) is 0 Å². The number of hydrogen-bond acceptors (Lipinski definition) is 22. The molecule has 0 bridgehead atoms. The fourth-order valence-corrected chi connectivity index (χ4v) is 16.4. The summed E-state index contributed by atoms with van der Waals surface area (Å²) in [6.07, 6.45) is -3.06. The Morgan fingerprint density at radius 2 is 0.873 bits per heavy atom. The Balaban J connectivity index is 1.35. The van der Waals surface area contributed by atoms with Gasteiger partial charge in [0.15, 0.2) is 11.9 Å². The number of nitrogens with one attached hydrogen (secondary N) is 19. The highest BCUT2D eigenvalue weighted by atomic mass is 32.2. The summed E-state index contributed by atoms with van der Waals surface area (Å²) in [5, 5.41) is 90.5. The van der Waals surface area contributed by atoms with Crippen LogP contribution in [0, 0.1) is 28.6 Å². The van der Waals surface area contributed by atoms with Crippen LogP contribution in [0.25, 0.3) is 22.0 Å². The van der Waals surface area contributed by atoms with Crippen LogP contribution in [0.2, 0.25) is 0 Å². The highest BCUT2D eigenvalue weighted by Crippen LogP contribution is 2.25. The van der Waals surface area contributed by atoms with Crippen molar-refractivity contribution in [2.45, 2.75) is 249 Å². The van der Waals surface area contributed by atoms with Gasteiger partial charge in [0.05, 0.1) is 18.3 Å². The van der Waals surface area contributed by atoms with E-state index in [1.165, 1.54) is 45.2 Å². The molecule has 28 N–H and O–H groups in total. The molecular formula is C98H137N23O20S. The average Bonchev–Trinajstić information content (AvgIpc) is 1.33. The number of benzene rings is 5. The lowest BCUT2D eigenvalue weighted by molar-refractivity contribution is -0.143. The fourth-order valence-electron chi connectivity index (χ4n) is 15.6. The van der Waals surface area contributed by atoms with Gasteiger partial charge in [0.2, 0.25) is 94.5 Å². The normalized spacial score (nSPS) is 22.9. The second-order valence-electron chi connectivity index (χ2n) is 36.5. The zero-order valence-corrected chi connectivity index (χ0v) is 82.5. The number of aromatic amines is 1. The number of nitrogens with zero attached hydrogens (tertiary/aromatic N) is 1. The first-order valence-electron chi connectivity index (χ1n) is 47.2. The van der Waals surface area contributed by atoms with Gasteiger partial charge < -0.3 is 127 Å². The molecule has 142 heavy (non-hydrogen) atoms. The van der Waals surface area contributed by atoms with E-state index in [0.29, 0.717) is 39.4 Å². The molecule has 2 heterocycles. The van der Waals surface area contributed by atoms with Gasteiger partial charge in [-0.2, -0.15) is 0 Å². The van der Waals surface area contributed by atoms with Crippen LogP contribution in [-0.2, 0) is 107 Å². The predicted molar refractivity (Wildman–Crippen MR) is 532 cm³/mol. The van der Waals surface area contributed by atoms with Crippen LogP contribution in [0.1, 0.15) is 149 Å². The number of guanidine groups is 2. The van der Waals surface area contributed by atoms with Crippen molar-refractivity contribution in [2.24, 2.45) is 35.0 Å². The van der Waals surface area contributed by atoms with Crippen LogP contribution in [-0.4, -0.2) is 266 Å². The standard InChI is InChI=1S/C98H137N23O20S/c1-12-23-67-85(130)120-81(57(10)122)95(140)118-77(93(138)107-55(8)82(99)127)50-142-51-78(124)108-72(44-58-24-15-13-16-25-58)88(133)114-73(46-60-34-38-64(123)39-35-60)90(135)116-76(48-79(125)126)91(136)115-75(47-63-49-106-66-29-20-19-28-65(63)66)92(137)119-80(54(6)7)94(139)117-74(45-59-32-36-62(37-33-59)61-26-17-14-18-27-61)89(134)111-69(31-22-41-105-98(102)103)96(141)121(11)56(9)83(128)112-70(42-52(2)3)86(131)110-68(30-21-40-104-97(100)101)84(129)113-71(43-53(4)5)87(132)109-67/h13-20,24-29,32-39,49,52-57,67-77,80-81,106,122-123H,12,21-23,30-31,40-48,50-51H2,1-11H3,(H2,99,127)(H,107,138)(H,108,124)(H,109,132)(H,110,131)(H,111,134)(H,112,128)(H,113,129)(H,114,133)(H,115,136)(H,116,135)(H,117,139)(H,118,140)(H,119,137)(H,120,130)(H,125,126)(H4,100,101,104)(H4,102,103,105)/t55-,56-,57+,67-,68-,69-,70+,71-,72-,73-,74-,75-,76-,77-,80-,81-/m0/s1. The van der Waals surface area contributed by atoms with Crippen molar-refractivity contribution < 1.29 is 96.8 Å². The van der Waals surface area contributed by atoms with E-state index in [-0.39, 0.29) is 107 Å². The van der Waals surface area contributed by atoms with Crippen molar-refractivity contribution in [3.05, 3.63) is 162 Å². The van der Waals surface area contributed by atoms with Crippen LogP contribution in [0.5, 0.6) is 5.75 Å². The number of amides is 16. The number of carboxylic acids is 1. The van der Waals surface area contributed by atoms with Gasteiger partial charge in [-0.3, -0.25) is 92.3 Å². The summed E-state index contributed by atoms with van der Waals surface area (Å²) in [5.74, 6) is -21.5. The number of primary amides is 1. The van der Waals surface area contributed by atoms with Gasteiger partial charge in [-0.15, -0.1) is 11.8 Å². The molecule has 1 aliphatic rings. The molecule has 7 rings (SSSR count). The van der Waals surface area contributed by atoms with Crippen LogP contribution < -0.4 is 102 Å². The second-order valence-corrected chi connectivity index (χ2v) is 37.5. The average molecular weight is 1990 g/mol. The number of para-hydroxylation sites is 1. The summed E-state index contributed by atoms with van der Waals surface area (Å²) in [6, 6.07) is 12.5. The Kier molecular flexibility index (Phi) is 45.5. The van der Waals surface area contributed by atoms with Crippen LogP contribution in [0.15, 0.2) is 140 Å². The van der Waals surface area contributed by atoms with E-state index >= 15 is 33.6 Å². The summed E-state index contributed by atoms with van der Waals surface area (Å²) < 4.78 is 0. The van der Waals surface area contributed by atoms with E-state index < -0.39 is 239 Å². The molecule has 1 saturated heterocycles. The Bertz CT molecular complexity index is 5360. The zero-order chi connectivity index (χ0) is 105. The van der Waals surface area contributed by atoms with Crippen molar-refractivity contribution in [2.75, 3.05) is 31.6 Å². The number of carbonyl (C=O) groups excluding carboxylic acids is 16. The number of aliphatic hydroxyl groups excluding tert-OH is 1. The number of nitrogens with two attached hydrogens (primary N) is 3. The molecule has 16 atom stereocenters. The van der Waals surface area contributed by atoms with Crippen LogP contribution in [0.3, 0.4) is 0 Å². The van der Waals surface area contributed by atoms with E-state index in [1.807, 2.05) is 30.3 Å². The van der Waals surface area contributed by atoms with E-state index in [0.717, 1.165) is 23.0 Å². The number of phenols is 1. The molecule has 1 aliphatic heterocycles. The number of aliphatic hydroxyl groups is 1. The number of aromatic hydroxyl groups is 1. The maximum Gasteiger partial charge on any atom is 0.305 e. The summed E-state index contributed by atoms with van der Waals surface area (Å²) in [4.78, 5) is 254. The number of aromatic nitrogens is 1. The highest BCUT2D eigenvalue weighted by molar-refractivity contribution is 8.00.